The molecule has 0 saturated carbocycles. The van der Waals surface area contributed by atoms with E-state index in [1.807, 2.05) is 0 Å². The Morgan fingerprint density at radius 1 is 1.17 bits per heavy atom. The molecule has 0 spiro atoms. The van der Waals surface area contributed by atoms with E-state index >= 15 is 0 Å². The summed E-state index contributed by atoms with van der Waals surface area (Å²) >= 11 is 7.51. The minimum Gasteiger partial charge on any atom is -0.480 e. The van der Waals surface area contributed by atoms with E-state index in [1.54, 1.807) is 30.3 Å². The Hall–Kier alpha value is -2.05. The summed E-state index contributed by atoms with van der Waals surface area (Å²) in [7, 11) is 0. The minimum atomic E-state index is -1.12. The second-order valence-electron chi connectivity index (χ2n) is 5.25. The van der Waals surface area contributed by atoms with Gasteiger partial charge in [-0.15, -0.1) is 11.8 Å². The zero-order valence-corrected chi connectivity index (χ0v) is 13.9. The predicted molar refractivity (Wildman–Crippen MR) is 90.6 cm³/mol. The molecule has 0 unspecified atom stereocenters. The number of amides is 1. The second-order valence-corrected chi connectivity index (χ2v) is 6.77. The monoisotopic (exact) mass is 365 g/mol. The second kappa shape index (κ2) is 6.83. The number of nitrogens with zero attached hydrogens (tertiary/aromatic N) is 1. The lowest BCUT2D eigenvalue weighted by Crippen LogP contribution is -2.43. The van der Waals surface area contributed by atoms with Crippen molar-refractivity contribution in [3.8, 4) is 0 Å². The first-order valence-corrected chi connectivity index (χ1v) is 8.59. The van der Waals surface area contributed by atoms with Crippen molar-refractivity contribution in [1.82, 2.24) is 4.90 Å². The van der Waals surface area contributed by atoms with Gasteiger partial charge in [0.15, 0.2) is 0 Å². The molecule has 1 saturated heterocycles. The van der Waals surface area contributed by atoms with E-state index < -0.39 is 29.1 Å². The van der Waals surface area contributed by atoms with Crippen molar-refractivity contribution in [2.24, 2.45) is 0 Å². The van der Waals surface area contributed by atoms with E-state index in [2.05, 4.69) is 0 Å². The summed E-state index contributed by atoms with van der Waals surface area (Å²) in [5, 5.41) is 9.31. The number of carbonyl (C=O) groups excluding carboxylic acids is 1. The van der Waals surface area contributed by atoms with Crippen molar-refractivity contribution < 1.29 is 19.1 Å². The first kappa shape index (κ1) is 16.8. The minimum absolute atomic E-state index is 0.150. The summed E-state index contributed by atoms with van der Waals surface area (Å²) in [6, 6.07) is 11.4. The van der Waals surface area contributed by atoms with Crippen LogP contribution in [0.4, 0.5) is 4.39 Å². The number of rotatable bonds is 3. The molecule has 2 aromatic rings. The first-order chi connectivity index (χ1) is 11.5. The van der Waals surface area contributed by atoms with E-state index in [9.17, 15) is 19.1 Å². The normalized spacial score (nSPS) is 20.2. The molecule has 3 rings (SSSR count). The Morgan fingerprint density at radius 3 is 2.50 bits per heavy atom. The van der Waals surface area contributed by atoms with Crippen LogP contribution in [0.2, 0.25) is 5.02 Å². The Labute approximate surface area is 147 Å². The summed E-state index contributed by atoms with van der Waals surface area (Å²) in [6.45, 7) is 0. The zero-order valence-electron chi connectivity index (χ0n) is 12.4. The lowest BCUT2D eigenvalue weighted by Gasteiger charge is -2.28. The van der Waals surface area contributed by atoms with Crippen LogP contribution in [0.5, 0.6) is 0 Å². The van der Waals surface area contributed by atoms with Crippen LogP contribution in [0.25, 0.3) is 0 Å². The summed E-state index contributed by atoms with van der Waals surface area (Å²) < 4.78 is 14.0. The van der Waals surface area contributed by atoms with Crippen LogP contribution in [-0.4, -0.2) is 33.7 Å². The molecule has 4 nitrogen and oxygen atoms in total. The van der Waals surface area contributed by atoms with E-state index in [0.29, 0.717) is 10.6 Å². The number of thioether (sulfide) groups is 1. The highest BCUT2D eigenvalue weighted by molar-refractivity contribution is 7.99. The van der Waals surface area contributed by atoms with E-state index in [1.165, 1.54) is 34.9 Å². The molecule has 0 radical (unpaired) electrons. The van der Waals surface area contributed by atoms with Crippen LogP contribution in [0.1, 0.15) is 21.3 Å². The Kier molecular flexibility index (Phi) is 4.78. The topological polar surface area (TPSA) is 57.6 Å². The molecular weight excluding hydrogens is 353 g/mol. The lowest BCUT2D eigenvalue weighted by molar-refractivity contribution is -0.141. The van der Waals surface area contributed by atoms with Gasteiger partial charge in [-0.3, -0.25) is 4.79 Å². The highest BCUT2D eigenvalue weighted by Crippen LogP contribution is 2.44. The van der Waals surface area contributed by atoms with Crippen molar-refractivity contribution in [3.63, 3.8) is 0 Å². The lowest BCUT2D eigenvalue weighted by atomic mass is 10.1. The smallest absolute Gasteiger partial charge is 0.327 e. The average Bonchev–Trinajstić information content (AvgIpc) is 3.00. The van der Waals surface area contributed by atoms with Gasteiger partial charge >= 0.3 is 5.97 Å². The van der Waals surface area contributed by atoms with Gasteiger partial charge in [0.25, 0.3) is 5.91 Å². The molecule has 2 aromatic carbocycles. The maximum Gasteiger partial charge on any atom is 0.327 e. The molecule has 1 amide bonds. The maximum atomic E-state index is 14.0. The third-order valence-corrected chi connectivity index (χ3v) is 5.44. The molecule has 7 heteroatoms. The first-order valence-electron chi connectivity index (χ1n) is 7.16. The standard InChI is InChI=1S/C17H13ClFNO3S/c18-12-7-3-1-5-10(12)16-20(14(9-24-16)17(22)23)15(21)11-6-2-4-8-13(11)19/h1-8,14,16H,9H2,(H,22,23)/t14-,16+/m0/s1. The number of carbonyl (C=O) groups is 2. The van der Waals surface area contributed by atoms with Crippen LogP contribution >= 0.6 is 23.4 Å². The number of hydrogen-bond acceptors (Lipinski definition) is 3. The number of aliphatic carboxylic acids is 1. The number of carboxylic acid groups (broad SMARTS) is 1. The molecule has 1 N–H and O–H groups in total. The molecule has 24 heavy (non-hydrogen) atoms. The molecule has 0 aromatic heterocycles. The SMILES string of the molecule is O=C(O)[C@@H]1CS[C@H](c2ccccc2Cl)N1C(=O)c1ccccc1F. The molecule has 1 aliphatic heterocycles. The third kappa shape index (κ3) is 2.99. The van der Waals surface area contributed by atoms with Crippen molar-refractivity contribution in [3.05, 3.63) is 70.5 Å². The Balaban J connectivity index is 2.05. The fourth-order valence-electron chi connectivity index (χ4n) is 2.63. The molecule has 1 fully saturated rings. The molecule has 1 aliphatic rings. The average molecular weight is 366 g/mol. The van der Waals surface area contributed by atoms with Gasteiger partial charge < -0.3 is 10.0 Å². The van der Waals surface area contributed by atoms with Gasteiger partial charge in [-0.1, -0.05) is 41.9 Å². The summed E-state index contributed by atoms with van der Waals surface area (Å²) in [4.78, 5) is 25.6. The van der Waals surface area contributed by atoms with Gasteiger partial charge in [-0.2, -0.15) is 0 Å². The largest absolute Gasteiger partial charge is 0.480 e. The summed E-state index contributed by atoms with van der Waals surface area (Å²) in [5.41, 5.74) is 0.487. The highest BCUT2D eigenvalue weighted by Gasteiger charge is 2.43. The summed E-state index contributed by atoms with van der Waals surface area (Å²) in [6.07, 6.45) is 0. The van der Waals surface area contributed by atoms with Crippen LogP contribution in [0.3, 0.4) is 0 Å². The van der Waals surface area contributed by atoms with Crippen molar-refractivity contribution in [2.75, 3.05) is 5.75 Å². The van der Waals surface area contributed by atoms with Crippen LogP contribution in [-0.2, 0) is 4.79 Å². The van der Waals surface area contributed by atoms with Crippen LogP contribution in [0.15, 0.2) is 48.5 Å². The number of halogens is 2. The number of carboxylic acids is 1. The fourth-order valence-corrected chi connectivity index (χ4v) is 4.39. The maximum absolute atomic E-state index is 14.0. The molecule has 2 atom stereocenters. The van der Waals surface area contributed by atoms with Crippen molar-refractivity contribution in [1.29, 1.82) is 0 Å². The van der Waals surface area contributed by atoms with E-state index in [0.717, 1.165) is 0 Å². The van der Waals surface area contributed by atoms with Crippen LogP contribution in [0, 0.1) is 5.82 Å². The zero-order chi connectivity index (χ0) is 17.3. The van der Waals surface area contributed by atoms with Gasteiger partial charge in [0.2, 0.25) is 0 Å². The van der Waals surface area contributed by atoms with E-state index in [-0.39, 0.29) is 11.3 Å². The molecular formula is C17H13ClFNO3S. The summed E-state index contributed by atoms with van der Waals surface area (Å²) in [5.74, 6) is -2.25. The Bertz CT molecular complexity index is 801. The molecule has 0 aliphatic carbocycles. The van der Waals surface area contributed by atoms with Crippen LogP contribution < -0.4 is 0 Å². The van der Waals surface area contributed by atoms with Gasteiger partial charge in [-0.25, -0.2) is 9.18 Å². The molecule has 124 valence electrons. The van der Waals surface area contributed by atoms with Crippen molar-refractivity contribution in [2.45, 2.75) is 11.4 Å². The Morgan fingerprint density at radius 2 is 1.83 bits per heavy atom. The number of hydrogen-bond donors (Lipinski definition) is 1. The quantitative estimate of drug-likeness (QED) is 0.898. The van der Waals surface area contributed by atoms with Gasteiger partial charge in [0.05, 0.1) is 5.56 Å². The molecule has 1 heterocycles. The predicted octanol–water partition coefficient (Wildman–Crippen LogP) is 3.82. The molecule has 0 bridgehead atoms. The van der Waals surface area contributed by atoms with E-state index in [4.69, 9.17) is 11.6 Å². The van der Waals surface area contributed by atoms with Gasteiger partial charge in [0.1, 0.15) is 17.2 Å². The van der Waals surface area contributed by atoms with Gasteiger partial charge in [-0.05, 0) is 18.2 Å². The fraction of sp³-hybridized carbons (Fsp3) is 0.176. The van der Waals surface area contributed by atoms with Crippen molar-refractivity contribution >= 4 is 35.2 Å². The highest BCUT2D eigenvalue weighted by atomic mass is 35.5. The number of benzene rings is 2. The third-order valence-electron chi connectivity index (χ3n) is 3.80. The van der Waals surface area contributed by atoms with Gasteiger partial charge in [0, 0.05) is 16.3 Å².